The largest absolute Gasteiger partial charge is 0.457 e. The Morgan fingerprint density at radius 3 is 2.24 bits per heavy atom. The van der Waals surface area contributed by atoms with E-state index < -0.39 is 0 Å². The van der Waals surface area contributed by atoms with Gasteiger partial charge in [0.25, 0.3) is 0 Å². The lowest BCUT2D eigenvalue weighted by molar-refractivity contribution is -0.116. The average molecular weight is 540 g/mol. The Balaban J connectivity index is 0.00000280. The van der Waals surface area contributed by atoms with Crippen LogP contribution in [0, 0.1) is 17.8 Å². The highest BCUT2D eigenvalue weighted by atomic mass is 35.5. The van der Waals surface area contributed by atoms with Gasteiger partial charge >= 0.3 is 0 Å². The summed E-state index contributed by atoms with van der Waals surface area (Å²) in [7, 11) is 0. The first-order valence-electron chi connectivity index (χ1n) is 13.7. The SMILES string of the molecule is CCCN1C(=NC23CC4CC(CC(C4)C2)C3)SCC1CC(=O)Nc1ccc(Oc2ccccc2)cc1.Cl. The topological polar surface area (TPSA) is 53.9 Å². The number of hydrogen-bond acceptors (Lipinski definition) is 4. The Hall–Kier alpha value is -2.18. The van der Waals surface area contributed by atoms with E-state index in [0.717, 1.165) is 53.7 Å². The number of nitrogens with zero attached hydrogens (tertiary/aromatic N) is 2. The fourth-order valence-corrected chi connectivity index (χ4v) is 8.65. The maximum absolute atomic E-state index is 13.0. The molecule has 5 aliphatic rings. The third kappa shape index (κ3) is 5.96. The number of anilines is 1. The summed E-state index contributed by atoms with van der Waals surface area (Å²) in [6.07, 6.45) is 9.76. The van der Waals surface area contributed by atoms with Crippen molar-refractivity contribution in [1.29, 1.82) is 0 Å². The molecule has 0 spiro atoms. The minimum atomic E-state index is 0. The summed E-state index contributed by atoms with van der Waals surface area (Å²) in [5.74, 6) is 5.27. The Morgan fingerprint density at radius 2 is 1.62 bits per heavy atom. The molecule has 4 aliphatic carbocycles. The number of thioether (sulfide) groups is 1. The van der Waals surface area contributed by atoms with Crippen molar-refractivity contribution in [2.75, 3.05) is 17.6 Å². The van der Waals surface area contributed by atoms with Crippen LogP contribution in [0.2, 0.25) is 0 Å². The van der Waals surface area contributed by atoms with E-state index in [-0.39, 0.29) is 29.9 Å². The predicted molar refractivity (Wildman–Crippen MR) is 155 cm³/mol. The van der Waals surface area contributed by atoms with Crippen LogP contribution in [0.1, 0.15) is 58.3 Å². The standard InChI is InChI=1S/C30H37N3O2S.ClH/c1-2-12-33-25(20-36-29(33)32-30-17-21-13-22(18-30)15-23(14-21)19-30)16-28(34)31-24-8-10-27(11-9-24)35-26-6-4-3-5-7-26;/h3-11,21-23,25H,2,12-20H2,1H3,(H,31,34);1H. The number of aliphatic imine (C=N–C) groups is 1. The van der Waals surface area contributed by atoms with Crippen molar-refractivity contribution in [1.82, 2.24) is 4.90 Å². The number of rotatable bonds is 8. The molecule has 2 aromatic rings. The van der Waals surface area contributed by atoms with Crippen LogP contribution in [0.4, 0.5) is 5.69 Å². The van der Waals surface area contributed by atoms with Crippen molar-refractivity contribution in [3.8, 4) is 11.5 Å². The lowest BCUT2D eigenvalue weighted by Gasteiger charge is -2.55. The molecule has 7 heteroatoms. The van der Waals surface area contributed by atoms with Crippen LogP contribution in [-0.2, 0) is 4.79 Å². The second kappa shape index (κ2) is 11.3. The quantitative estimate of drug-likeness (QED) is 0.380. The second-order valence-corrected chi connectivity index (χ2v) is 12.4. The zero-order valence-electron chi connectivity index (χ0n) is 21.6. The summed E-state index contributed by atoms with van der Waals surface area (Å²) in [5, 5.41) is 4.30. The van der Waals surface area contributed by atoms with E-state index in [2.05, 4.69) is 17.1 Å². The molecule has 0 radical (unpaired) electrons. The number of ether oxygens (including phenoxy) is 1. The number of halogens is 1. The van der Waals surface area contributed by atoms with Crippen molar-refractivity contribution in [2.24, 2.45) is 22.7 Å². The number of hydrogen-bond donors (Lipinski definition) is 1. The summed E-state index contributed by atoms with van der Waals surface area (Å²) in [5.41, 5.74) is 0.986. The number of amides is 1. The van der Waals surface area contributed by atoms with Crippen LogP contribution in [0.5, 0.6) is 11.5 Å². The summed E-state index contributed by atoms with van der Waals surface area (Å²) in [4.78, 5) is 20.9. The highest BCUT2D eigenvalue weighted by Crippen LogP contribution is 2.57. The molecular weight excluding hydrogens is 502 g/mol. The molecule has 37 heavy (non-hydrogen) atoms. The van der Waals surface area contributed by atoms with Gasteiger partial charge < -0.3 is 15.0 Å². The molecule has 5 nitrogen and oxygen atoms in total. The Labute approximate surface area is 231 Å². The summed E-state index contributed by atoms with van der Waals surface area (Å²) < 4.78 is 5.86. The number of amidine groups is 1. The van der Waals surface area contributed by atoms with Crippen LogP contribution >= 0.6 is 24.2 Å². The molecule has 1 saturated heterocycles. The van der Waals surface area contributed by atoms with Crippen LogP contribution in [0.3, 0.4) is 0 Å². The van der Waals surface area contributed by atoms with Gasteiger partial charge in [0.05, 0.1) is 5.54 Å². The summed E-state index contributed by atoms with van der Waals surface area (Å²) >= 11 is 1.88. The normalized spacial score (nSPS) is 30.8. The van der Waals surface area contributed by atoms with Gasteiger partial charge in [0.1, 0.15) is 11.5 Å². The monoisotopic (exact) mass is 539 g/mol. The molecule has 5 fully saturated rings. The highest BCUT2D eigenvalue weighted by Gasteiger charge is 2.51. The maximum Gasteiger partial charge on any atom is 0.226 e. The molecule has 198 valence electrons. The Bertz CT molecular complexity index is 1070. The fourth-order valence-electron chi connectivity index (χ4n) is 7.35. The molecule has 2 aromatic carbocycles. The molecule has 1 amide bonds. The van der Waals surface area contributed by atoms with E-state index >= 15 is 0 Å². The molecule has 4 bridgehead atoms. The van der Waals surface area contributed by atoms with Crippen molar-refractivity contribution >= 4 is 40.9 Å². The number of carbonyl (C=O) groups is 1. The first kappa shape index (κ1) is 26.4. The zero-order valence-corrected chi connectivity index (χ0v) is 23.2. The molecule has 4 saturated carbocycles. The van der Waals surface area contributed by atoms with E-state index in [9.17, 15) is 4.79 Å². The Kier molecular flexibility index (Phi) is 8.06. The van der Waals surface area contributed by atoms with E-state index in [1.54, 1.807) is 0 Å². The minimum absolute atomic E-state index is 0. The third-order valence-electron chi connectivity index (χ3n) is 8.43. The smallest absolute Gasteiger partial charge is 0.226 e. The van der Waals surface area contributed by atoms with Gasteiger partial charge in [-0.3, -0.25) is 9.79 Å². The summed E-state index contributed by atoms with van der Waals surface area (Å²) in [6.45, 7) is 3.20. The van der Waals surface area contributed by atoms with E-state index in [1.165, 1.54) is 43.7 Å². The van der Waals surface area contributed by atoms with Crippen molar-refractivity contribution in [3.63, 3.8) is 0 Å². The molecule has 0 aromatic heterocycles. The van der Waals surface area contributed by atoms with Gasteiger partial charge in [-0.25, -0.2) is 0 Å². The fraction of sp³-hybridized carbons (Fsp3) is 0.533. The molecule has 1 heterocycles. The molecule has 1 unspecified atom stereocenters. The van der Waals surface area contributed by atoms with Crippen molar-refractivity contribution < 1.29 is 9.53 Å². The van der Waals surface area contributed by atoms with E-state index in [0.29, 0.717) is 6.42 Å². The maximum atomic E-state index is 13.0. The minimum Gasteiger partial charge on any atom is -0.457 e. The van der Waals surface area contributed by atoms with E-state index in [4.69, 9.17) is 9.73 Å². The van der Waals surface area contributed by atoms with Crippen LogP contribution in [-0.4, -0.2) is 39.9 Å². The predicted octanol–water partition coefficient (Wildman–Crippen LogP) is 7.38. The number of nitrogens with one attached hydrogen (secondary N) is 1. The van der Waals surface area contributed by atoms with Gasteiger partial charge in [-0.05, 0) is 99.1 Å². The van der Waals surface area contributed by atoms with Crippen molar-refractivity contribution in [2.45, 2.75) is 69.9 Å². The van der Waals surface area contributed by atoms with Gasteiger partial charge in [-0.1, -0.05) is 36.9 Å². The third-order valence-corrected chi connectivity index (χ3v) is 9.57. The average Bonchev–Trinajstić information content (AvgIpc) is 3.20. The molecule has 7 rings (SSSR count). The van der Waals surface area contributed by atoms with Gasteiger partial charge in [0.2, 0.25) is 5.91 Å². The first-order chi connectivity index (χ1) is 17.6. The lowest BCUT2D eigenvalue weighted by atomic mass is 9.53. The van der Waals surface area contributed by atoms with Crippen LogP contribution in [0.25, 0.3) is 0 Å². The molecule has 1 atom stereocenters. The molecule has 1 N–H and O–H groups in total. The van der Waals surface area contributed by atoms with Crippen molar-refractivity contribution in [3.05, 3.63) is 54.6 Å². The summed E-state index contributed by atoms with van der Waals surface area (Å²) in [6, 6.07) is 17.5. The zero-order chi connectivity index (χ0) is 24.5. The van der Waals surface area contributed by atoms with Crippen LogP contribution < -0.4 is 10.1 Å². The second-order valence-electron chi connectivity index (χ2n) is 11.4. The first-order valence-corrected chi connectivity index (χ1v) is 14.7. The number of benzene rings is 2. The number of para-hydroxylation sites is 1. The van der Waals surface area contributed by atoms with Gasteiger partial charge in [-0.15, -0.1) is 12.4 Å². The van der Waals surface area contributed by atoms with Gasteiger partial charge in [0.15, 0.2) is 5.17 Å². The molecular formula is C30H38ClN3O2S. The van der Waals surface area contributed by atoms with Gasteiger partial charge in [0, 0.05) is 30.4 Å². The van der Waals surface area contributed by atoms with E-state index in [1.807, 2.05) is 66.4 Å². The lowest BCUT2D eigenvalue weighted by Crippen LogP contribution is -2.50. The Morgan fingerprint density at radius 1 is 1.00 bits per heavy atom. The van der Waals surface area contributed by atoms with Crippen LogP contribution in [0.15, 0.2) is 59.6 Å². The highest BCUT2D eigenvalue weighted by molar-refractivity contribution is 8.14. The van der Waals surface area contributed by atoms with Gasteiger partial charge in [-0.2, -0.15) is 0 Å². The molecule has 1 aliphatic heterocycles. The number of carbonyl (C=O) groups excluding carboxylic acids is 1.